The Kier molecular flexibility index (Phi) is 7.64. The lowest BCUT2D eigenvalue weighted by Crippen LogP contribution is -2.13. The molecule has 0 atom stereocenters. The molecule has 0 radical (unpaired) electrons. The van der Waals surface area contributed by atoms with E-state index in [0.717, 1.165) is 72.2 Å². The van der Waals surface area contributed by atoms with Gasteiger partial charge in [-0.1, -0.05) is 127 Å². The molecule has 2 aromatic heterocycles. The molecule has 0 saturated heterocycles. The van der Waals surface area contributed by atoms with Crippen molar-refractivity contribution in [3.63, 3.8) is 0 Å². The van der Waals surface area contributed by atoms with E-state index in [4.69, 9.17) is 9.40 Å². The second kappa shape index (κ2) is 13.3. The first-order chi connectivity index (χ1) is 27.8. The second-order valence-electron chi connectivity index (χ2n) is 13.9. The fraction of sp³-hybridized carbons (Fsp3) is 0. The molecule has 0 spiro atoms. The van der Waals surface area contributed by atoms with Crippen LogP contribution in [0.15, 0.2) is 205 Å². The zero-order valence-corrected chi connectivity index (χ0v) is 31.0. The van der Waals surface area contributed by atoms with Crippen LogP contribution in [0.2, 0.25) is 0 Å². The first-order valence-corrected chi connectivity index (χ1v) is 19.6. The molecule has 56 heavy (non-hydrogen) atoms. The molecular weight excluding hydrogens is 703 g/mol. The van der Waals surface area contributed by atoms with Crippen LogP contribution < -0.4 is 9.80 Å². The number of rotatable bonds is 7. The summed E-state index contributed by atoms with van der Waals surface area (Å²) in [5.74, 6) is 0. The quantitative estimate of drug-likeness (QED) is 0.153. The predicted molar refractivity (Wildman–Crippen MR) is 237 cm³/mol. The highest BCUT2D eigenvalue weighted by Crippen LogP contribution is 2.46. The predicted octanol–water partition coefficient (Wildman–Crippen LogP) is 15.1. The Balaban J connectivity index is 1.13. The van der Waals surface area contributed by atoms with E-state index in [-0.39, 0.29) is 0 Å². The maximum absolute atomic E-state index is 6.45. The molecule has 264 valence electrons. The molecule has 2 heterocycles. The van der Waals surface area contributed by atoms with Crippen molar-refractivity contribution in [2.45, 2.75) is 0 Å². The summed E-state index contributed by atoms with van der Waals surface area (Å²) in [4.78, 5) is 10.0. The van der Waals surface area contributed by atoms with Crippen molar-refractivity contribution < 1.29 is 4.42 Å². The molecule has 4 nitrogen and oxygen atoms in total. The van der Waals surface area contributed by atoms with Gasteiger partial charge in [-0.2, -0.15) is 0 Å². The van der Waals surface area contributed by atoms with Gasteiger partial charge in [-0.05, 0) is 83.6 Å². The maximum Gasteiger partial charge on any atom is 0.137 e. The molecule has 0 amide bonds. The zero-order chi connectivity index (χ0) is 37.0. The van der Waals surface area contributed by atoms with Crippen LogP contribution in [0.4, 0.5) is 34.1 Å². The number of aromatic nitrogens is 1. The van der Waals surface area contributed by atoms with Gasteiger partial charge in [0.05, 0.1) is 21.3 Å². The van der Waals surface area contributed by atoms with E-state index < -0.39 is 0 Å². The molecule has 0 bridgehead atoms. The minimum absolute atomic E-state index is 0.848. The lowest BCUT2D eigenvalue weighted by Gasteiger charge is -2.30. The Bertz CT molecular complexity index is 3110. The lowest BCUT2D eigenvalue weighted by atomic mass is 10.0. The van der Waals surface area contributed by atoms with Gasteiger partial charge >= 0.3 is 0 Å². The van der Waals surface area contributed by atoms with Gasteiger partial charge in [0.2, 0.25) is 0 Å². The fourth-order valence-corrected chi connectivity index (χ4v) is 9.28. The van der Waals surface area contributed by atoms with Crippen LogP contribution in [0.25, 0.3) is 64.3 Å². The van der Waals surface area contributed by atoms with Crippen molar-refractivity contribution in [1.29, 1.82) is 0 Å². The van der Waals surface area contributed by atoms with Gasteiger partial charge in [-0.25, -0.2) is 4.98 Å². The average Bonchev–Trinajstić information content (AvgIpc) is 3.89. The number of benzene rings is 9. The minimum atomic E-state index is 0.848. The molecule has 0 unspecified atom stereocenters. The number of hydrogen-bond acceptors (Lipinski definition) is 5. The fourth-order valence-electron chi connectivity index (χ4n) is 8.17. The molecule has 11 rings (SSSR count). The van der Waals surface area contributed by atoms with Crippen LogP contribution in [0.1, 0.15) is 0 Å². The van der Waals surface area contributed by atoms with Gasteiger partial charge < -0.3 is 14.2 Å². The van der Waals surface area contributed by atoms with Gasteiger partial charge in [0.15, 0.2) is 0 Å². The monoisotopic (exact) mass is 735 g/mol. The number of hydrogen-bond donors (Lipinski definition) is 0. The van der Waals surface area contributed by atoms with E-state index in [1.54, 1.807) is 11.3 Å². The molecule has 0 aliphatic rings. The molecule has 9 aromatic carbocycles. The van der Waals surface area contributed by atoms with E-state index in [1.807, 2.05) is 12.1 Å². The number of fused-ring (bicyclic) bond motifs is 9. The van der Waals surface area contributed by atoms with E-state index in [1.165, 1.54) is 26.2 Å². The average molecular weight is 736 g/mol. The summed E-state index contributed by atoms with van der Waals surface area (Å²) in [6.07, 6.45) is 0. The molecule has 0 aliphatic carbocycles. The van der Waals surface area contributed by atoms with Crippen molar-refractivity contribution in [2.24, 2.45) is 0 Å². The van der Waals surface area contributed by atoms with Crippen molar-refractivity contribution in [3.8, 4) is 10.6 Å². The Morgan fingerprint density at radius 3 is 1.64 bits per heavy atom. The van der Waals surface area contributed by atoms with E-state index in [2.05, 4.69) is 198 Å². The van der Waals surface area contributed by atoms with Crippen molar-refractivity contribution in [1.82, 2.24) is 4.98 Å². The Labute approximate surface area is 327 Å². The summed E-state index contributed by atoms with van der Waals surface area (Å²) in [6, 6.07) is 70.7. The number of thiazole rings is 1. The first-order valence-electron chi connectivity index (χ1n) is 18.8. The standard InChI is InChI=1S/C51H33N3OS/c1-3-17-35(18-4-1)53(36-19-5-2-6-20-36)38-22-14-23-39(33-38)54(45-29-15-31-47-48(45)44-28-11-12-30-46(44)55-47)37-21-13-16-34(32-37)51-52-49-42-26-9-7-24-40(42)41-25-8-10-27-43(41)50(49)56-51/h1-33H. The van der Waals surface area contributed by atoms with Crippen LogP contribution in [0.3, 0.4) is 0 Å². The normalized spacial score (nSPS) is 11.6. The van der Waals surface area contributed by atoms with E-state index >= 15 is 0 Å². The molecule has 0 aliphatic heterocycles. The van der Waals surface area contributed by atoms with Crippen LogP contribution in [-0.2, 0) is 0 Å². The molecule has 11 aromatic rings. The zero-order valence-electron chi connectivity index (χ0n) is 30.2. The molecule has 5 heteroatoms. The van der Waals surface area contributed by atoms with Crippen LogP contribution >= 0.6 is 11.3 Å². The largest absolute Gasteiger partial charge is 0.456 e. The van der Waals surface area contributed by atoms with Crippen molar-refractivity contribution >= 4 is 99.2 Å². The Morgan fingerprint density at radius 2 is 0.911 bits per heavy atom. The third-order valence-corrected chi connectivity index (χ3v) is 11.8. The summed E-state index contributed by atoms with van der Waals surface area (Å²) in [5.41, 5.74) is 10.1. The number of furan rings is 1. The molecular formula is C51H33N3OS. The minimum Gasteiger partial charge on any atom is -0.456 e. The number of anilines is 6. The smallest absolute Gasteiger partial charge is 0.137 e. The summed E-state index contributed by atoms with van der Waals surface area (Å²) < 4.78 is 7.66. The SMILES string of the molecule is c1ccc(N(c2ccccc2)c2cccc(N(c3cccc(-c4nc5c6ccccc6c6ccccc6c5s4)c3)c3cccc4oc5ccccc5c34)c2)cc1. The van der Waals surface area contributed by atoms with Crippen LogP contribution in [-0.4, -0.2) is 4.98 Å². The van der Waals surface area contributed by atoms with Gasteiger partial charge in [-0.15, -0.1) is 11.3 Å². The number of para-hydroxylation sites is 3. The first kappa shape index (κ1) is 32.2. The van der Waals surface area contributed by atoms with E-state index in [0.29, 0.717) is 0 Å². The Hall–Kier alpha value is -7.21. The highest BCUT2D eigenvalue weighted by atomic mass is 32.1. The lowest BCUT2D eigenvalue weighted by molar-refractivity contribution is 0.669. The summed E-state index contributed by atoms with van der Waals surface area (Å²) in [5, 5.41) is 8.04. The topological polar surface area (TPSA) is 32.5 Å². The highest BCUT2D eigenvalue weighted by molar-refractivity contribution is 7.22. The maximum atomic E-state index is 6.45. The van der Waals surface area contributed by atoms with E-state index in [9.17, 15) is 0 Å². The molecule has 0 N–H and O–H groups in total. The summed E-state index contributed by atoms with van der Waals surface area (Å²) in [6.45, 7) is 0. The van der Waals surface area contributed by atoms with Crippen LogP contribution in [0, 0.1) is 0 Å². The molecule has 0 fully saturated rings. The third-order valence-electron chi connectivity index (χ3n) is 10.6. The van der Waals surface area contributed by atoms with Crippen molar-refractivity contribution in [2.75, 3.05) is 9.80 Å². The van der Waals surface area contributed by atoms with Gasteiger partial charge in [0.1, 0.15) is 16.2 Å². The summed E-state index contributed by atoms with van der Waals surface area (Å²) in [7, 11) is 0. The highest BCUT2D eigenvalue weighted by Gasteiger charge is 2.22. The molecule has 0 saturated carbocycles. The third kappa shape index (κ3) is 5.32. The van der Waals surface area contributed by atoms with Gasteiger partial charge in [0.25, 0.3) is 0 Å². The van der Waals surface area contributed by atoms with Gasteiger partial charge in [0, 0.05) is 50.2 Å². The number of nitrogens with zero attached hydrogens (tertiary/aromatic N) is 3. The second-order valence-corrected chi connectivity index (χ2v) is 14.9. The van der Waals surface area contributed by atoms with Gasteiger partial charge in [-0.3, -0.25) is 0 Å². The summed E-state index contributed by atoms with van der Waals surface area (Å²) >= 11 is 1.76. The van der Waals surface area contributed by atoms with Crippen molar-refractivity contribution in [3.05, 3.63) is 200 Å². The Morgan fingerprint density at radius 1 is 0.393 bits per heavy atom. The van der Waals surface area contributed by atoms with Crippen LogP contribution in [0.5, 0.6) is 0 Å².